The van der Waals surface area contributed by atoms with Crippen molar-refractivity contribution in [1.82, 2.24) is 0 Å². The molecule has 0 aliphatic carbocycles. The van der Waals surface area contributed by atoms with Crippen LogP contribution in [0.15, 0.2) is 47.5 Å². The van der Waals surface area contributed by atoms with Crippen molar-refractivity contribution < 1.29 is 0 Å². The Hall–Kier alpha value is -1.42. The van der Waals surface area contributed by atoms with Gasteiger partial charge in [-0.15, -0.1) is 0 Å². The minimum atomic E-state index is -0.0256. The lowest BCUT2D eigenvalue weighted by Gasteiger charge is -2.27. The molecule has 1 atom stereocenters. The summed E-state index contributed by atoms with van der Waals surface area (Å²) in [6.45, 7) is 0.561. The highest BCUT2D eigenvalue weighted by molar-refractivity contribution is 6.34. The third kappa shape index (κ3) is 2.95. The number of rotatable bonds is 2. The summed E-state index contributed by atoms with van der Waals surface area (Å²) in [6, 6.07) is 12.9. The minimum absolute atomic E-state index is 0.0256. The molecule has 0 radical (unpaired) electrons. The second-order valence-electron chi connectivity index (χ2n) is 4.76. The maximum atomic E-state index is 6.09. The molecule has 1 unspecified atom stereocenters. The highest BCUT2D eigenvalue weighted by Gasteiger charge is 2.29. The molecule has 1 heterocycles. The number of anilines is 1. The van der Waals surface area contributed by atoms with Crippen molar-refractivity contribution in [3.8, 4) is 0 Å². The molecule has 0 saturated heterocycles. The van der Waals surface area contributed by atoms with Gasteiger partial charge in [0.05, 0.1) is 12.6 Å². The second kappa shape index (κ2) is 5.76. The largest absolute Gasteiger partial charge is 0.369 e. The van der Waals surface area contributed by atoms with Crippen LogP contribution in [0.5, 0.6) is 0 Å². The molecule has 0 saturated carbocycles. The van der Waals surface area contributed by atoms with Gasteiger partial charge in [-0.1, -0.05) is 34.8 Å². The highest BCUT2D eigenvalue weighted by atomic mass is 35.5. The Morgan fingerprint density at radius 3 is 2.19 bits per heavy atom. The lowest BCUT2D eigenvalue weighted by molar-refractivity contribution is 0.769. The van der Waals surface area contributed by atoms with Crippen LogP contribution in [-0.4, -0.2) is 12.5 Å². The van der Waals surface area contributed by atoms with E-state index < -0.39 is 0 Å². The van der Waals surface area contributed by atoms with Crippen LogP contribution in [0, 0.1) is 0 Å². The number of hydrogen-bond acceptors (Lipinski definition) is 3. The fraction of sp³-hybridized carbons (Fsp3) is 0.133. The van der Waals surface area contributed by atoms with E-state index in [0.29, 0.717) is 27.6 Å². The molecule has 21 heavy (non-hydrogen) atoms. The Morgan fingerprint density at radius 1 is 0.952 bits per heavy atom. The minimum Gasteiger partial charge on any atom is -0.369 e. The average Bonchev–Trinajstić information content (AvgIpc) is 2.80. The van der Waals surface area contributed by atoms with Gasteiger partial charge in [-0.3, -0.25) is 4.99 Å². The summed E-state index contributed by atoms with van der Waals surface area (Å²) in [4.78, 5) is 6.29. The number of halogens is 3. The van der Waals surface area contributed by atoms with E-state index in [9.17, 15) is 0 Å². The molecule has 1 aliphatic rings. The Balaban J connectivity index is 2.00. The number of nitrogens with zero attached hydrogens (tertiary/aromatic N) is 2. The second-order valence-corrected chi connectivity index (χ2v) is 6.07. The van der Waals surface area contributed by atoms with Crippen LogP contribution in [0.1, 0.15) is 11.6 Å². The van der Waals surface area contributed by atoms with Gasteiger partial charge in [-0.25, -0.2) is 0 Å². The molecule has 0 fully saturated rings. The topological polar surface area (TPSA) is 41.6 Å². The first kappa shape index (κ1) is 14.5. The summed E-state index contributed by atoms with van der Waals surface area (Å²) < 4.78 is 0. The predicted molar refractivity (Wildman–Crippen MR) is 89.6 cm³/mol. The van der Waals surface area contributed by atoms with E-state index in [1.807, 2.05) is 41.3 Å². The van der Waals surface area contributed by atoms with Crippen molar-refractivity contribution in [2.24, 2.45) is 10.7 Å². The van der Waals surface area contributed by atoms with Crippen molar-refractivity contribution in [3.63, 3.8) is 0 Å². The summed E-state index contributed by atoms with van der Waals surface area (Å²) in [6.07, 6.45) is 0. The van der Waals surface area contributed by atoms with E-state index in [4.69, 9.17) is 40.5 Å². The molecular formula is C15H12Cl3N3. The van der Waals surface area contributed by atoms with E-state index in [0.717, 1.165) is 11.3 Å². The quantitative estimate of drug-likeness (QED) is 0.873. The molecule has 0 amide bonds. The number of guanidine groups is 1. The van der Waals surface area contributed by atoms with Crippen LogP contribution in [0.3, 0.4) is 0 Å². The Kier molecular flexibility index (Phi) is 3.98. The smallest absolute Gasteiger partial charge is 0.196 e. The van der Waals surface area contributed by atoms with E-state index in [-0.39, 0.29) is 6.04 Å². The molecule has 0 bridgehead atoms. The van der Waals surface area contributed by atoms with Crippen molar-refractivity contribution in [3.05, 3.63) is 63.1 Å². The molecule has 0 spiro atoms. The van der Waals surface area contributed by atoms with E-state index in [1.165, 1.54) is 0 Å². The van der Waals surface area contributed by atoms with Gasteiger partial charge in [0.15, 0.2) is 5.96 Å². The number of nitrogens with two attached hydrogens (primary N) is 1. The maximum Gasteiger partial charge on any atom is 0.196 e. The molecular weight excluding hydrogens is 329 g/mol. The lowest BCUT2D eigenvalue weighted by Crippen LogP contribution is -2.36. The number of hydrogen-bond donors (Lipinski definition) is 1. The number of benzene rings is 2. The molecule has 6 heteroatoms. The normalized spacial score (nSPS) is 18.0. The van der Waals surface area contributed by atoms with Crippen molar-refractivity contribution in [2.45, 2.75) is 6.04 Å². The molecule has 2 N–H and O–H groups in total. The van der Waals surface area contributed by atoms with Gasteiger partial charge in [0.1, 0.15) is 0 Å². The molecule has 2 aromatic rings. The first-order valence-electron chi connectivity index (χ1n) is 6.35. The maximum absolute atomic E-state index is 6.09. The molecule has 108 valence electrons. The first-order chi connectivity index (χ1) is 10.0. The lowest BCUT2D eigenvalue weighted by atomic mass is 10.1. The average molecular weight is 341 g/mol. The van der Waals surface area contributed by atoms with Gasteiger partial charge in [0.2, 0.25) is 0 Å². The zero-order chi connectivity index (χ0) is 15.0. The van der Waals surface area contributed by atoms with E-state index in [1.54, 1.807) is 6.07 Å². The van der Waals surface area contributed by atoms with Gasteiger partial charge in [-0.05, 0) is 48.0 Å². The fourth-order valence-electron chi connectivity index (χ4n) is 2.43. The Labute approximate surface area is 137 Å². The third-order valence-electron chi connectivity index (χ3n) is 3.36. The summed E-state index contributed by atoms with van der Waals surface area (Å²) in [5.41, 5.74) is 7.94. The van der Waals surface area contributed by atoms with Gasteiger partial charge < -0.3 is 10.6 Å². The summed E-state index contributed by atoms with van der Waals surface area (Å²) in [5, 5.41) is 1.87. The van der Waals surface area contributed by atoms with E-state index in [2.05, 4.69) is 4.99 Å². The van der Waals surface area contributed by atoms with E-state index >= 15 is 0 Å². The Bertz CT molecular complexity index is 678. The first-order valence-corrected chi connectivity index (χ1v) is 7.49. The summed E-state index contributed by atoms with van der Waals surface area (Å²) in [7, 11) is 0. The molecule has 2 aromatic carbocycles. The number of aliphatic imine (C=N–C) groups is 1. The standard InChI is InChI=1S/C15H12Cl3N3/c16-10-1-3-13(4-2-10)21-14(8-20-15(21)19)9-5-11(17)7-12(18)6-9/h1-7,14H,8H2,(H2,19,20). The third-order valence-corrected chi connectivity index (χ3v) is 4.05. The predicted octanol–water partition coefficient (Wildman–Crippen LogP) is 4.52. The fourth-order valence-corrected chi connectivity index (χ4v) is 3.10. The van der Waals surface area contributed by atoms with Crippen LogP contribution < -0.4 is 10.6 Å². The highest BCUT2D eigenvalue weighted by Crippen LogP contribution is 2.34. The molecule has 1 aliphatic heterocycles. The van der Waals surface area contributed by atoms with Crippen LogP contribution in [0.25, 0.3) is 0 Å². The van der Waals surface area contributed by atoms with Gasteiger partial charge in [0.25, 0.3) is 0 Å². The summed E-state index contributed by atoms with van der Waals surface area (Å²) in [5.74, 6) is 0.471. The molecule has 3 rings (SSSR count). The zero-order valence-corrected chi connectivity index (χ0v) is 13.2. The van der Waals surface area contributed by atoms with Gasteiger partial charge in [0, 0.05) is 20.8 Å². The molecule has 0 aromatic heterocycles. The zero-order valence-electron chi connectivity index (χ0n) is 10.9. The van der Waals surface area contributed by atoms with Gasteiger partial charge in [-0.2, -0.15) is 0 Å². The SMILES string of the molecule is NC1=NCC(c2cc(Cl)cc(Cl)c2)N1c1ccc(Cl)cc1. The van der Waals surface area contributed by atoms with Gasteiger partial charge >= 0.3 is 0 Å². The monoisotopic (exact) mass is 339 g/mol. The molecule has 3 nitrogen and oxygen atoms in total. The van der Waals surface area contributed by atoms with Crippen LogP contribution in [0.4, 0.5) is 5.69 Å². The van der Waals surface area contributed by atoms with Crippen molar-refractivity contribution >= 4 is 46.4 Å². The van der Waals surface area contributed by atoms with Crippen LogP contribution >= 0.6 is 34.8 Å². The van der Waals surface area contributed by atoms with Crippen molar-refractivity contribution in [2.75, 3.05) is 11.4 Å². The summed E-state index contributed by atoms with van der Waals surface area (Å²) >= 11 is 18.1. The van der Waals surface area contributed by atoms with Crippen LogP contribution in [-0.2, 0) is 0 Å². The van der Waals surface area contributed by atoms with Crippen LogP contribution in [0.2, 0.25) is 15.1 Å². The Morgan fingerprint density at radius 2 is 1.57 bits per heavy atom. The van der Waals surface area contributed by atoms with Crippen molar-refractivity contribution in [1.29, 1.82) is 0 Å².